The number of aromatic nitrogens is 2. The number of nitrogens with one attached hydrogen (secondary N) is 2. The number of halogens is 3. The van der Waals surface area contributed by atoms with Gasteiger partial charge in [-0.2, -0.15) is 13.2 Å². The molecule has 1 heterocycles. The lowest BCUT2D eigenvalue weighted by molar-refractivity contribution is -0.138. The number of alkyl halides is 3. The van der Waals surface area contributed by atoms with E-state index >= 15 is 0 Å². The summed E-state index contributed by atoms with van der Waals surface area (Å²) in [5.41, 5.74) is 1.27. The SMILES string of the molecule is COc1cc(C(=O)NC2CCC(N(C)C(C)C)CC2)ccc1Nc1ncc(C(F)(F)F)c(CCc2ccc(C)cc2N(C)S(C)(=O)=O)n1. The number of anilines is 3. The number of sulfonamides is 1. The maximum Gasteiger partial charge on any atom is 0.419 e. The number of benzene rings is 2. The van der Waals surface area contributed by atoms with E-state index in [1.165, 1.54) is 14.2 Å². The van der Waals surface area contributed by atoms with E-state index in [1.807, 2.05) is 0 Å². The van der Waals surface area contributed by atoms with E-state index in [0.717, 1.165) is 48.0 Å². The normalized spacial score (nSPS) is 17.0. The van der Waals surface area contributed by atoms with Gasteiger partial charge in [-0.1, -0.05) is 12.1 Å². The van der Waals surface area contributed by atoms with Gasteiger partial charge in [0.2, 0.25) is 16.0 Å². The van der Waals surface area contributed by atoms with Gasteiger partial charge in [-0.25, -0.2) is 18.4 Å². The van der Waals surface area contributed by atoms with Gasteiger partial charge in [0.25, 0.3) is 5.91 Å². The van der Waals surface area contributed by atoms with Crippen LogP contribution in [0.25, 0.3) is 0 Å². The smallest absolute Gasteiger partial charge is 0.419 e. The minimum absolute atomic E-state index is 0.0693. The average molecular weight is 691 g/mol. The zero-order valence-electron chi connectivity index (χ0n) is 28.5. The lowest BCUT2D eigenvalue weighted by atomic mass is 9.89. The first kappa shape index (κ1) is 36.9. The van der Waals surface area contributed by atoms with Crippen molar-refractivity contribution in [3.05, 3.63) is 70.5 Å². The molecular weight excluding hydrogens is 645 g/mol. The number of methoxy groups -OCH3 is 1. The third-order valence-electron chi connectivity index (χ3n) is 9.01. The van der Waals surface area contributed by atoms with Crippen molar-refractivity contribution in [2.24, 2.45) is 0 Å². The van der Waals surface area contributed by atoms with Crippen molar-refractivity contribution in [1.29, 1.82) is 0 Å². The summed E-state index contributed by atoms with van der Waals surface area (Å²) in [6.45, 7) is 6.15. The fourth-order valence-electron chi connectivity index (χ4n) is 5.89. The second-order valence-corrected chi connectivity index (χ2v) is 14.7. The first-order chi connectivity index (χ1) is 22.5. The van der Waals surface area contributed by atoms with Gasteiger partial charge in [-0.05, 0) is 102 Å². The Kier molecular flexibility index (Phi) is 11.6. The van der Waals surface area contributed by atoms with Gasteiger partial charge in [-0.3, -0.25) is 9.10 Å². The minimum Gasteiger partial charge on any atom is -0.495 e. The molecule has 1 fully saturated rings. The van der Waals surface area contributed by atoms with Crippen LogP contribution < -0.4 is 19.7 Å². The molecular formula is C34H45F3N6O4S. The van der Waals surface area contributed by atoms with Crippen LogP contribution in [0.4, 0.5) is 30.5 Å². The molecule has 4 rings (SSSR count). The number of hydrogen-bond donors (Lipinski definition) is 2. The van der Waals surface area contributed by atoms with Crippen molar-refractivity contribution >= 4 is 33.3 Å². The van der Waals surface area contributed by atoms with Gasteiger partial charge in [0.15, 0.2) is 0 Å². The summed E-state index contributed by atoms with van der Waals surface area (Å²) in [6.07, 6.45) is 0.832. The average Bonchev–Trinajstić information content (AvgIpc) is 3.03. The standard InChI is InChI=1S/C34H45F3N6O4S/c1-21(2)42(4)26-14-12-25(13-15-26)39-32(44)24-11-17-29(31(19-24)47-6)41-33-38-20-27(34(35,36)37)28(40-33)16-10-23-9-8-22(3)18-30(23)43(5)48(7,45)46/h8-9,11,17-21,25-26H,10,12-16H2,1-7H3,(H,39,44)(H,38,40,41). The van der Waals surface area contributed by atoms with Crippen molar-refractivity contribution in [1.82, 2.24) is 20.2 Å². The lowest BCUT2D eigenvalue weighted by Crippen LogP contribution is -2.44. The molecule has 14 heteroatoms. The molecule has 2 N–H and O–H groups in total. The number of carbonyl (C=O) groups is 1. The van der Waals surface area contributed by atoms with E-state index in [-0.39, 0.29) is 36.4 Å². The van der Waals surface area contributed by atoms with Crippen LogP contribution in [0, 0.1) is 6.92 Å². The molecule has 0 spiro atoms. The van der Waals surface area contributed by atoms with E-state index < -0.39 is 21.8 Å². The third kappa shape index (κ3) is 9.16. The summed E-state index contributed by atoms with van der Waals surface area (Å²) < 4.78 is 73.1. The van der Waals surface area contributed by atoms with E-state index in [9.17, 15) is 26.4 Å². The van der Waals surface area contributed by atoms with Crippen LogP contribution in [0.15, 0.2) is 42.6 Å². The van der Waals surface area contributed by atoms with Crippen molar-refractivity contribution < 1.29 is 31.1 Å². The fraction of sp³-hybridized carbons (Fsp3) is 0.500. The zero-order valence-corrected chi connectivity index (χ0v) is 29.3. The molecule has 1 aliphatic rings. The molecule has 0 saturated heterocycles. The van der Waals surface area contributed by atoms with E-state index in [1.54, 1.807) is 43.3 Å². The predicted molar refractivity (Wildman–Crippen MR) is 182 cm³/mol. The Balaban J connectivity index is 1.51. The summed E-state index contributed by atoms with van der Waals surface area (Å²) in [4.78, 5) is 23.6. The monoisotopic (exact) mass is 690 g/mol. The molecule has 3 aromatic rings. The maximum atomic E-state index is 14.0. The number of carbonyl (C=O) groups excluding carboxylic acids is 1. The topological polar surface area (TPSA) is 117 Å². The summed E-state index contributed by atoms with van der Waals surface area (Å²) in [7, 11) is 1.37. The molecule has 0 radical (unpaired) electrons. The highest BCUT2D eigenvalue weighted by atomic mass is 32.2. The molecule has 0 bridgehead atoms. The van der Waals surface area contributed by atoms with Gasteiger partial charge in [0.1, 0.15) is 5.75 Å². The highest BCUT2D eigenvalue weighted by Crippen LogP contribution is 2.34. The van der Waals surface area contributed by atoms with Crippen LogP contribution in [0.1, 0.15) is 72.3 Å². The number of hydrogen-bond acceptors (Lipinski definition) is 8. The molecule has 1 amide bonds. The molecule has 0 unspecified atom stereocenters. The first-order valence-corrected chi connectivity index (χ1v) is 17.8. The van der Waals surface area contributed by atoms with Gasteiger partial charge in [-0.15, -0.1) is 0 Å². The van der Waals surface area contributed by atoms with Crippen molar-refractivity contribution in [3.8, 4) is 5.75 Å². The molecule has 2 aromatic carbocycles. The van der Waals surface area contributed by atoms with Crippen LogP contribution in [0.2, 0.25) is 0 Å². The van der Waals surface area contributed by atoms with E-state index in [0.29, 0.717) is 40.3 Å². The van der Waals surface area contributed by atoms with Crippen LogP contribution in [0.5, 0.6) is 5.75 Å². The number of ether oxygens (including phenoxy) is 1. The summed E-state index contributed by atoms with van der Waals surface area (Å²) in [5, 5.41) is 6.05. The predicted octanol–water partition coefficient (Wildman–Crippen LogP) is 6.12. The molecule has 0 atom stereocenters. The Hall–Kier alpha value is -3.91. The Morgan fingerprint density at radius 2 is 1.75 bits per heavy atom. The Morgan fingerprint density at radius 1 is 1.06 bits per heavy atom. The zero-order chi connectivity index (χ0) is 35.4. The van der Waals surface area contributed by atoms with Gasteiger partial charge in [0.05, 0.1) is 36.0 Å². The molecule has 10 nitrogen and oxygen atoms in total. The number of aryl methyl sites for hydroxylation is 3. The Morgan fingerprint density at radius 3 is 2.35 bits per heavy atom. The van der Waals surface area contributed by atoms with Gasteiger partial charge < -0.3 is 20.3 Å². The Labute approximate surface area is 281 Å². The van der Waals surface area contributed by atoms with Crippen LogP contribution >= 0.6 is 0 Å². The molecule has 1 saturated carbocycles. The van der Waals surface area contributed by atoms with Crippen LogP contribution in [0.3, 0.4) is 0 Å². The highest BCUT2D eigenvalue weighted by molar-refractivity contribution is 7.92. The minimum atomic E-state index is -4.70. The summed E-state index contributed by atoms with van der Waals surface area (Å²) in [6, 6.07) is 11.0. The molecule has 1 aromatic heterocycles. The Bertz CT molecular complexity index is 1710. The van der Waals surface area contributed by atoms with Crippen molar-refractivity contribution in [2.45, 2.75) is 83.6 Å². The second kappa shape index (κ2) is 15.1. The van der Waals surface area contributed by atoms with Crippen molar-refractivity contribution in [3.63, 3.8) is 0 Å². The number of amides is 1. The summed E-state index contributed by atoms with van der Waals surface area (Å²) in [5.74, 6) is -0.0253. The van der Waals surface area contributed by atoms with Crippen LogP contribution in [-0.2, 0) is 29.0 Å². The third-order valence-corrected chi connectivity index (χ3v) is 10.2. The summed E-state index contributed by atoms with van der Waals surface area (Å²) >= 11 is 0. The number of nitrogens with zero attached hydrogens (tertiary/aromatic N) is 4. The molecule has 48 heavy (non-hydrogen) atoms. The van der Waals surface area contributed by atoms with Crippen LogP contribution in [-0.4, -0.2) is 74.8 Å². The van der Waals surface area contributed by atoms with Crippen molar-refractivity contribution in [2.75, 3.05) is 37.1 Å². The first-order valence-electron chi connectivity index (χ1n) is 15.9. The van der Waals surface area contributed by atoms with Gasteiger partial charge >= 0.3 is 6.18 Å². The maximum absolute atomic E-state index is 14.0. The largest absolute Gasteiger partial charge is 0.495 e. The lowest BCUT2D eigenvalue weighted by Gasteiger charge is -2.37. The highest BCUT2D eigenvalue weighted by Gasteiger charge is 2.35. The molecule has 0 aliphatic heterocycles. The fourth-order valence-corrected chi connectivity index (χ4v) is 6.42. The molecule has 262 valence electrons. The van der Waals surface area contributed by atoms with Gasteiger partial charge in [0, 0.05) is 36.9 Å². The van der Waals surface area contributed by atoms with E-state index in [4.69, 9.17) is 4.74 Å². The second-order valence-electron chi connectivity index (χ2n) is 12.7. The molecule has 1 aliphatic carbocycles. The van der Waals surface area contributed by atoms with E-state index in [2.05, 4.69) is 46.4 Å². The quantitative estimate of drug-likeness (QED) is 0.234. The number of rotatable bonds is 12.